The second kappa shape index (κ2) is 11.0. The van der Waals surface area contributed by atoms with Crippen molar-refractivity contribution in [3.8, 4) is 17.3 Å². The molecule has 2 aromatic carbocycles. The highest BCUT2D eigenvalue weighted by atomic mass is 16.5. The summed E-state index contributed by atoms with van der Waals surface area (Å²) in [7, 11) is 0. The van der Waals surface area contributed by atoms with Crippen molar-refractivity contribution in [3.05, 3.63) is 77.2 Å². The van der Waals surface area contributed by atoms with E-state index in [2.05, 4.69) is 45.5 Å². The van der Waals surface area contributed by atoms with Crippen LogP contribution in [0.25, 0.3) is 11.3 Å². The molecule has 1 aliphatic rings. The average Bonchev–Trinajstić information content (AvgIpc) is 2.86. The highest BCUT2D eigenvalue weighted by Crippen LogP contribution is 2.24. The van der Waals surface area contributed by atoms with E-state index in [9.17, 15) is 10.1 Å². The molecule has 3 aromatic rings. The van der Waals surface area contributed by atoms with Crippen molar-refractivity contribution in [3.63, 3.8) is 0 Å². The molecule has 7 nitrogen and oxygen atoms in total. The first-order chi connectivity index (χ1) is 16.5. The Hall–Kier alpha value is -3.60. The molecule has 1 saturated heterocycles. The molecule has 7 heteroatoms. The van der Waals surface area contributed by atoms with Crippen LogP contribution in [0.4, 0.5) is 5.69 Å². The van der Waals surface area contributed by atoms with Crippen molar-refractivity contribution < 1.29 is 9.53 Å². The van der Waals surface area contributed by atoms with E-state index in [-0.39, 0.29) is 11.8 Å². The fraction of sp³-hybridized carbons (Fsp3) is 0.333. The Bertz CT molecular complexity index is 1180. The van der Waals surface area contributed by atoms with Crippen LogP contribution in [0, 0.1) is 17.2 Å². The van der Waals surface area contributed by atoms with Crippen LogP contribution < -0.4 is 5.32 Å². The number of nitrogens with zero attached hydrogens (tertiary/aromatic N) is 4. The van der Waals surface area contributed by atoms with Crippen molar-refractivity contribution in [1.82, 2.24) is 14.9 Å². The minimum absolute atomic E-state index is 0.121. The van der Waals surface area contributed by atoms with Crippen LogP contribution >= 0.6 is 0 Å². The first-order valence-electron chi connectivity index (χ1n) is 11.6. The van der Waals surface area contributed by atoms with Crippen molar-refractivity contribution in [1.29, 1.82) is 5.26 Å². The molecule has 0 bridgehead atoms. The summed E-state index contributed by atoms with van der Waals surface area (Å²) in [5.41, 5.74) is 4.90. The summed E-state index contributed by atoms with van der Waals surface area (Å²) >= 11 is 0. The minimum atomic E-state index is -0.163. The predicted octanol–water partition coefficient (Wildman–Crippen LogP) is 4.03. The molecule has 1 aromatic heterocycles. The number of morpholine rings is 1. The lowest BCUT2D eigenvalue weighted by molar-refractivity contribution is -0.118. The molecule has 0 aliphatic carbocycles. The monoisotopic (exact) mass is 455 g/mol. The van der Waals surface area contributed by atoms with Gasteiger partial charge in [0.2, 0.25) is 5.91 Å². The molecule has 0 saturated carbocycles. The van der Waals surface area contributed by atoms with Crippen LogP contribution in [0.15, 0.2) is 54.7 Å². The van der Waals surface area contributed by atoms with Gasteiger partial charge in [-0.3, -0.25) is 9.69 Å². The van der Waals surface area contributed by atoms with Crippen molar-refractivity contribution in [2.24, 2.45) is 5.92 Å². The van der Waals surface area contributed by atoms with E-state index >= 15 is 0 Å². The Balaban J connectivity index is 1.45. The quantitative estimate of drug-likeness (QED) is 0.578. The summed E-state index contributed by atoms with van der Waals surface area (Å²) in [4.78, 5) is 23.6. The molecule has 0 spiro atoms. The van der Waals surface area contributed by atoms with E-state index in [1.54, 1.807) is 18.3 Å². The van der Waals surface area contributed by atoms with Gasteiger partial charge in [0.05, 0.1) is 30.2 Å². The summed E-state index contributed by atoms with van der Waals surface area (Å²) in [6, 6.07) is 18.0. The molecular weight excluding hydrogens is 426 g/mol. The maximum atomic E-state index is 12.0. The van der Waals surface area contributed by atoms with Gasteiger partial charge in [-0.05, 0) is 29.3 Å². The third-order valence-electron chi connectivity index (χ3n) is 5.82. The van der Waals surface area contributed by atoms with E-state index in [4.69, 9.17) is 9.72 Å². The number of ether oxygens (including phenoxy) is 1. The van der Waals surface area contributed by atoms with Gasteiger partial charge in [-0.1, -0.05) is 44.2 Å². The van der Waals surface area contributed by atoms with Crippen LogP contribution in [0.1, 0.15) is 36.4 Å². The molecule has 2 heterocycles. The molecule has 0 atom stereocenters. The number of carbonyl (C=O) groups excluding carboxylic acids is 1. The number of carbonyl (C=O) groups is 1. The maximum absolute atomic E-state index is 12.0. The Labute approximate surface area is 200 Å². The number of anilines is 1. The van der Waals surface area contributed by atoms with Crippen LogP contribution in [0.3, 0.4) is 0 Å². The first kappa shape index (κ1) is 23.6. The van der Waals surface area contributed by atoms with Gasteiger partial charge in [0, 0.05) is 43.7 Å². The number of benzene rings is 2. The molecule has 1 amide bonds. The first-order valence-corrected chi connectivity index (χ1v) is 11.6. The number of hydrogen-bond acceptors (Lipinski definition) is 6. The molecule has 1 N–H and O–H groups in total. The minimum Gasteiger partial charge on any atom is -0.379 e. The summed E-state index contributed by atoms with van der Waals surface area (Å²) in [5, 5.41) is 12.4. The van der Waals surface area contributed by atoms with Crippen molar-refractivity contribution >= 4 is 11.6 Å². The Morgan fingerprint density at radius 1 is 1.12 bits per heavy atom. The Morgan fingerprint density at radius 2 is 1.85 bits per heavy atom. The molecule has 1 fully saturated rings. The lowest BCUT2D eigenvalue weighted by Gasteiger charge is -2.26. The number of rotatable bonds is 7. The van der Waals surface area contributed by atoms with Crippen LogP contribution in [-0.4, -0.2) is 47.1 Å². The molecule has 0 unspecified atom stereocenters. The Kier molecular flexibility index (Phi) is 7.63. The molecule has 34 heavy (non-hydrogen) atoms. The Morgan fingerprint density at radius 3 is 2.56 bits per heavy atom. The third kappa shape index (κ3) is 6.04. The standard InChI is InChI=1S/C27H29N5O2/c1-19(2)27(33)31-24-8-7-22(16-23(24)17-28)25-9-10-29-26(30-25)15-20-3-5-21(6-4-20)18-32-11-13-34-14-12-32/h3-10,16,19H,11-15,18H2,1-2H3,(H,31,33). The molecule has 1 aliphatic heterocycles. The smallest absolute Gasteiger partial charge is 0.226 e. The predicted molar refractivity (Wildman–Crippen MR) is 131 cm³/mol. The zero-order chi connectivity index (χ0) is 23.9. The number of aromatic nitrogens is 2. The SMILES string of the molecule is CC(C)C(=O)Nc1ccc(-c2ccnc(Cc3ccc(CN4CCOCC4)cc3)n2)cc1C#N. The number of nitrogens with one attached hydrogen (secondary N) is 1. The lowest BCUT2D eigenvalue weighted by atomic mass is 10.1. The van der Waals surface area contributed by atoms with Gasteiger partial charge in [-0.15, -0.1) is 0 Å². The molecule has 4 rings (SSSR count). The average molecular weight is 456 g/mol. The zero-order valence-electron chi connectivity index (χ0n) is 19.6. The van der Waals surface area contributed by atoms with Gasteiger partial charge in [0.1, 0.15) is 11.9 Å². The van der Waals surface area contributed by atoms with Gasteiger partial charge in [0.15, 0.2) is 0 Å². The van der Waals surface area contributed by atoms with Crippen molar-refractivity contribution in [2.75, 3.05) is 31.6 Å². The number of amides is 1. The van der Waals surface area contributed by atoms with E-state index in [1.165, 1.54) is 5.56 Å². The topological polar surface area (TPSA) is 91.1 Å². The van der Waals surface area contributed by atoms with Gasteiger partial charge in [-0.2, -0.15) is 5.26 Å². The maximum Gasteiger partial charge on any atom is 0.226 e. The second-order valence-corrected chi connectivity index (χ2v) is 8.76. The lowest BCUT2D eigenvalue weighted by Crippen LogP contribution is -2.35. The molecule has 174 valence electrons. The zero-order valence-corrected chi connectivity index (χ0v) is 19.6. The molecule has 0 radical (unpaired) electrons. The van der Waals surface area contributed by atoms with Gasteiger partial charge in [0.25, 0.3) is 0 Å². The summed E-state index contributed by atoms with van der Waals surface area (Å²) in [5.74, 6) is 0.433. The number of nitriles is 1. The highest BCUT2D eigenvalue weighted by molar-refractivity contribution is 5.93. The van der Waals surface area contributed by atoms with E-state index < -0.39 is 0 Å². The van der Waals surface area contributed by atoms with E-state index in [0.717, 1.165) is 49.7 Å². The number of hydrogen-bond donors (Lipinski definition) is 1. The van der Waals surface area contributed by atoms with Crippen LogP contribution in [0.2, 0.25) is 0 Å². The summed E-state index contributed by atoms with van der Waals surface area (Å²) in [6.07, 6.45) is 2.37. The third-order valence-corrected chi connectivity index (χ3v) is 5.82. The van der Waals surface area contributed by atoms with Crippen LogP contribution in [-0.2, 0) is 22.5 Å². The van der Waals surface area contributed by atoms with Crippen molar-refractivity contribution in [2.45, 2.75) is 26.8 Å². The largest absolute Gasteiger partial charge is 0.379 e. The fourth-order valence-corrected chi connectivity index (χ4v) is 3.79. The normalized spacial score (nSPS) is 14.1. The van der Waals surface area contributed by atoms with Crippen LogP contribution in [0.5, 0.6) is 0 Å². The van der Waals surface area contributed by atoms with Gasteiger partial charge in [-0.25, -0.2) is 9.97 Å². The molecular formula is C27H29N5O2. The second-order valence-electron chi connectivity index (χ2n) is 8.76. The van der Waals surface area contributed by atoms with E-state index in [0.29, 0.717) is 23.5 Å². The van der Waals surface area contributed by atoms with Gasteiger partial charge < -0.3 is 10.1 Å². The fourth-order valence-electron chi connectivity index (χ4n) is 3.79. The van der Waals surface area contributed by atoms with Gasteiger partial charge >= 0.3 is 0 Å². The van der Waals surface area contributed by atoms with E-state index in [1.807, 2.05) is 26.0 Å². The highest BCUT2D eigenvalue weighted by Gasteiger charge is 2.13. The summed E-state index contributed by atoms with van der Waals surface area (Å²) in [6.45, 7) is 8.12. The summed E-state index contributed by atoms with van der Waals surface area (Å²) < 4.78 is 5.42.